The fourth-order valence-corrected chi connectivity index (χ4v) is 3.07. The van der Waals surface area contributed by atoms with E-state index >= 15 is 0 Å². The third-order valence-corrected chi connectivity index (χ3v) is 4.43. The Bertz CT molecular complexity index is 521. The Morgan fingerprint density at radius 1 is 1.47 bits per heavy atom. The van der Waals surface area contributed by atoms with Gasteiger partial charge < -0.3 is 10.1 Å². The van der Waals surface area contributed by atoms with Crippen molar-refractivity contribution in [2.24, 2.45) is 5.92 Å². The molecule has 0 aliphatic carbocycles. The second-order valence-electron chi connectivity index (χ2n) is 4.97. The lowest BCUT2D eigenvalue weighted by atomic mass is 10.0. The molecule has 3 rings (SSSR count). The van der Waals surface area contributed by atoms with Crippen molar-refractivity contribution in [3.63, 3.8) is 0 Å². The van der Waals surface area contributed by atoms with Gasteiger partial charge in [-0.2, -0.15) is 0 Å². The normalized spacial score (nSPS) is 20.4. The van der Waals surface area contributed by atoms with Crippen molar-refractivity contribution in [2.75, 3.05) is 18.5 Å². The average molecular weight is 274 g/mol. The van der Waals surface area contributed by atoms with Gasteiger partial charge in [0.05, 0.1) is 6.61 Å². The maximum absolute atomic E-state index is 5.45. The highest BCUT2D eigenvalue weighted by Crippen LogP contribution is 2.26. The second kappa shape index (κ2) is 5.72. The minimum Gasteiger partial charge on any atom is -0.382 e. The largest absolute Gasteiger partial charge is 0.382 e. The molecule has 0 bridgehead atoms. The molecule has 2 unspecified atom stereocenters. The highest BCUT2D eigenvalue weighted by Gasteiger charge is 2.22. The van der Waals surface area contributed by atoms with Crippen LogP contribution in [0.2, 0.25) is 0 Å². The van der Waals surface area contributed by atoms with Crippen LogP contribution in [0.4, 0.5) is 5.69 Å². The van der Waals surface area contributed by atoms with Crippen LogP contribution in [-0.2, 0) is 4.74 Å². The Morgan fingerprint density at radius 3 is 3.16 bits per heavy atom. The van der Waals surface area contributed by atoms with Gasteiger partial charge in [-0.05, 0) is 25.5 Å². The molecule has 3 nitrogen and oxygen atoms in total. The molecule has 1 aromatic carbocycles. The van der Waals surface area contributed by atoms with E-state index in [0.717, 1.165) is 30.3 Å². The lowest BCUT2D eigenvalue weighted by Crippen LogP contribution is -2.26. The molecule has 1 fully saturated rings. The van der Waals surface area contributed by atoms with Crippen molar-refractivity contribution in [2.45, 2.75) is 19.4 Å². The number of rotatable bonds is 4. The molecule has 4 heteroatoms. The van der Waals surface area contributed by atoms with Gasteiger partial charge in [0.15, 0.2) is 0 Å². The van der Waals surface area contributed by atoms with E-state index in [1.807, 2.05) is 11.6 Å². The Labute approximate surface area is 117 Å². The number of hydrogen-bond acceptors (Lipinski definition) is 4. The molecule has 0 saturated carbocycles. The molecule has 1 aromatic heterocycles. The van der Waals surface area contributed by atoms with Crippen LogP contribution in [-0.4, -0.2) is 24.2 Å². The van der Waals surface area contributed by atoms with Crippen LogP contribution in [0.1, 0.15) is 13.3 Å². The highest BCUT2D eigenvalue weighted by molar-refractivity contribution is 7.13. The fraction of sp³-hybridized carbons (Fsp3) is 0.400. The lowest BCUT2D eigenvalue weighted by Gasteiger charge is -2.20. The summed E-state index contributed by atoms with van der Waals surface area (Å²) < 4.78 is 5.45. The highest BCUT2D eigenvalue weighted by atomic mass is 32.1. The van der Waals surface area contributed by atoms with Crippen molar-refractivity contribution < 1.29 is 4.74 Å². The van der Waals surface area contributed by atoms with Crippen LogP contribution in [0.25, 0.3) is 10.6 Å². The zero-order valence-electron chi connectivity index (χ0n) is 11.0. The van der Waals surface area contributed by atoms with Gasteiger partial charge in [-0.25, -0.2) is 4.98 Å². The van der Waals surface area contributed by atoms with Crippen LogP contribution < -0.4 is 5.32 Å². The Hall–Kier alpha value is -1.39. The SMILES string of the molecule is CC(Nc1cccc(-c2nccs2)c1)C1CCOC1. The van der Waals surface area contributed by atoms with Crippen LogP contribution in [0.5, 0.6) is 0 Å². The summed E-state index contributed by atoms with van der Waals surface area (Å²) in [6.45, 7) is 4.01. The first kappa shape index (κ1) is 12.6. The number of nitrogens with zero attached hydrogens (tertiary/aromatic N) is 1. The molecule has 0 radical (unpaired) electrons. The molecule has 1 aliphatic rings. The van der Waals surface area contributed by atoms with Crippen LogP contribution in [0.3, 0.4) is 0 Å². The van der Waals surface area contributed by atoms with Crippen LogP contribution >= 0.6 is 11.3 Å². The second-order valence-corrected chi connectivity index (χ2v) is 5.87. The molecular formula is C15H18N2OS. The molecule has 1 saturated heterocycles. The van der Waals surface area contributed by atoms with Crippen molar-refractivity contribution in [3.8, 4) is 10.6 Å². The smallest absolute Gasteiger partial charge is 0.123 e. The molecule has 0 amide bonds. The van der Waals surface area contributed by atoms with E-state index in [1.165, 1.54) is 5.56 Å². The molecule has 2 atom stereocenters. The van der Waals surface area contributed by atoms with Gasteiger partial charge in [0.25, 0.3) is 0 Å². The third kappa shape index (κ3) is 2.96. The van der Waals surface area contributed by atoms with Gasteiger partial charge in [-0.1, -0.05) is 12.1 Å². The molecule has 1 N–H and O–H groups in total. The van der Waals surface area contributed by atoms with E-state index < -0.39 is 0 Å². The van der Waals surface area contributed by atoms with E-state index in [0.29, 0.717) is 12.0 Å². The number of thiazole rings is 1. The van der Waals surface area contributed by atoms with Crippen molar-refractivity contribution in [1.82, 2.24) is 4.98 Å². The predicted molar refractivity (Wildman–Crippen MR) is 79.6 cm³/mol. The molecule has 0 spiro atoms. The van der Waals surface area contributed by atoms with E-state index in [2.05, 4.69) is 41.5 Å². The molecule has 19 heavy (non-hydrogen) atoms. The maximum atomic E-state index is 5.45. The molecule has 100 valence electrons. The first-order valence-corrected chi connectivity index (χ1v) is 7.55. The van der Waals surface area contributed by atoms with Crippen molar-refractivity contribution >= 4 is 17.0 Å². The van der Waals surface area contributed by atoms with Gasteiger partial charge in [-0.3, -0.25) is 0 Å². The summed E-state index contributed by atoms with van der Waals surface area (Å²) in [4.78, 5) is 4.35. The van der Waals surface area contributed by atoms with E-state index in [-0.39, 0.29) is 0 Å². The lowest BCUT2D eigenvalue weighted by molar-refractivity contribution is 0.183. The minimum absolute atomic E-state index is 0.439. The zero-order chi connectivity index (χ0) is 13.1. The van der Waals surface area contributed by atoms with Crippen molar-refractivity contribution in [1.29, 1.82) is 0 Å². The Balaban J connectivity index is 1.72. The van der Waals surface area contributed by atoms with Crippen molar-refractivity contribution in [3.05, 3.63) is 35.8 Å². The molecule has 2 aromatic rings. The predicted octanol–water partition coefficient (Wildman–Crippen LogP) is 3.65. The summed E-state index contributed by atoms with van der Waals surface area (Å²) in [7, 11) is 0. The fourth-order valence-electron chi connectivity index (χ4n) is 2.44. The summed E-state index contributed by atoms with van der Waals surface area (Å²) in [5.74, 6) is 0.614. The Kier molecular flexibility index (Phi) is 3.80. The van der Waals surface area contributed by atoms with Gasteiger partial charge in [0.1, 0.15) is 5.01 Å². The van der Waals surface area contributed by atoms with Gasteiger partial charge in [0.2, 0.25) is 0 Å². The number of hydrogen-bond donors (Lipinski definition) is 1. The van der Waals surface area contributed by atoms with Gasteiger partial charge in [0, 0.05) is 41.4 Å². The summed E-state index contributed by atoms with van der Waals surface area (Å²) in [5.41, 5.74) is 2.34. The molecule has 1 aliphatic heterocycles. The van der Waals surface area contributed by atoms with E-state index in [9.17, 15) is 0 Å². The summed E-state index contributed by atoms with van der Waals surface area (Å²) in [6.07, 6.45) is 3.00. The van der Waals surface area contributed by atoms with Crippen LogP contribution in [0.15, 0.2) is 35.8 Å². The molecular weight excluding hydrogens is 256 g/mol. The zero-order valence-corrected chi connectivity index (χ0v) is 11.8. The minimum atomic E-state index is 0.439. The Morgan fingerprint density at radius 2 is 2.42 bits per heavy atom. The van der Waals surface area contributed by atoms with E-state index in [1.54, 1.807) is 11.3 Å². The topological polar surface area (TPSA) is 34.2 Å². The number of ether oxygens (including phenoxy) is 1. The van der Waals surface area contributed by atoms with E-state index in [4.69, 9.17) is 4.74 Å². The first-order valence-electron chi connectivity index (χ1n) is 6.67. The first-order chi connectivity index (χ1) is 9.33. The van der Waals surface area contributed by atoms with Gasteiger partial charge in [-0.15, -0.1) is 11.3 Å². The monoisotopic (exact) mass is 274 g/mol. The summed E-state index contributed by atoms with van der Waals surface area (Å²) in [5, 5.41) is 6.66. The number of nitrogens with one attached hydrogen (secondary N) is 1. The van der Waals surface area contributed by atoms with Crippen LogP contribution in [0, 0.1) is 5.92 Å². The number of benzene rings is 1. The maximum Gasteiger partial charge on any atom is 0.123 e. The molecule has 2 heterocycles. The summed E-state index contributed by atoms with van der Waals surface area (Å²) in [6, 6.07) is 8.91. The quantitative estimate of drug-likeness (QED) is 0.924. The van der Waals surface area contributed by atoms with Gasteiger partial charge >= 0.3 is 0 Å². The number of anilines is 1. The number of aromatic nitrogens is 1. The summed E-state index contributed by atoms with van der Waals surface area (Å²) >= 11 is 1.67. The standard InChI is InChI=1S/C15H18N2OS/c1-11(13-5-7-18-10-13)17-14-4-2-3-12(9-14)15-16-6-8-19-15/h2-4,6,8-9,11,13,17H,5,7,10H2,1H3. The third-order valence-electron chi connectivity index (χ3n) is 3.61. The average Bonchev–Trinajstić information content (AvgIpc) is 3.13.